The van der Waals surface area contributed by atoms with Crippen LogP contribution >= 0.6 is 15.9 Å². The van der Waals surface area contributed by atoms with Crippen molar-refractivity contribution in [2.75, 3.05) is 11.9 Å². The number of anilines is 1. The quantitative estimate of drug-likeness (QED) is 0.658. The maximum Gasteiger partial charge on any atom is 0.262 e. The van der Waals surface area contributed by atoms with E-state index in [1.54, 1.807) is 0 Å². The molecule has 0 aromatic heterocycles. The van der Waals surface area contributed by atoms with Crippen LogP contribution in [-0.4, -0.2) is 12.5 Å². The largest absolute Gasteiger partial charge is 0.483 e. The van der Waals surface area contributed by atoms with E-state index in [4.69, 9.17) is 4.74 Å². The molecule has 3 nitrogen and oxygen atoms in total. The number of halogens is 1. The lowest BCUT2D eigenvalue weighted by molar-refractivity contribution is -0.118. The molecule has 0 bridgehead atoms. The summed E-state index contributed by atoms with van der Waals surface area (Å²) >= 11 is 3.56. The predicted octanol–water partition coefficient (Wildman–Crippen LogP) is 5.18. The van der Waals surface area contributed by atoms with Gasteiger partial charge in [0, 0.05) is 5.69 Å². The maximum atomic E-state index is 12.2. The summed E-state index contributed by atoms with van der Waals surface area (Å²) < 4.78 is 6.56. The second-order valence-electron chi connectivity index (χ2n) is 5.45. The fourth-order valence-corrected chi connectivity index (χ4v) is 3.21. The van der Waals surface area contributed by atoms with Gasteiger partial charge in [-0.15, -0.1) is 0 Å². The number of carbonyl (C=O) groups excluding carboxylic acids is 1. The minimum atomic E-state index is -0.170. The molecule has 1 amide bonds. The van der Waals surface area contributed by atoms with Gasteiger partial charge in [-0.2, -0.15) is 0 Å². The second-order valence-corrected chi connectivity index (χ2v) is 6.24. The van der Waals surface area contributed by atoms with Gasteiger partial charge >= 0.3 is 0 Å². The molecule has 0 aliphatic heterocycles. The van der Waals surface area contributed by atoms with Crippen LogP contribution in [0, 0.1) is 0 Å². The Morgan fingerprint density at radius 3 is 2.62 bits per heavy atom. The SMILES string of the molecule is CCc1ccccc1NC(=O)COc1ccc2ccccc2c1Br. The first-order valence-electron chi connectivity index (χ1n) is 7.87. The molecule has 0 atom stereocenters. The van der Waals surface area contributed by atoms with Crippen molar-refractivity contribution in [3.63, 3.8) is 0 Å². The van der Waals surface area contributed by atoms with Crippen LogP contribution in [0.3, 0.4) is 0 Å². The number of fused-ring (bicyclic) bond motifs is 1. The van der Waals surface area contributed by atoms with Crippen LogP contribution in [0.15, 0.2) is 65.1 Å². The van der Waals surface area contributed by atoms with Gasteiger partial charge in [-0.05, 0) is 50.8 Å². The molecule has 3 rings (SSSR count). The minimum absolute atomic E-state index is 0.0327. The zero-order valence-corrected chi connectivity index (χ0v) is 15.0. The predicted molar refractivity (Wildman–Crippen MR) is 102 cm³/mol. The molecule has 24 heavy (non-hydrogen) atoms. The topological polar surface area (TPSA) is 38.3 Å². The van der Waals surface area contributed by atoms with Crippen molar-refractivity contribution < 1.29 is 9.53 Å². The Balaban J connectivity index is 1.69. The third-order valence-corrected chi connectivity index (χ3v) is 4.68. The van der Waals surface area contributed by atoms with E-state index >= 15 is 0 Å². The summed E-state index contributed by atoms with van der Waals surface area (Å²) in [5, 5.41) is 5.09. The van der Waals surface area contributed by atoms with Crippen molar-refractivity contribution in [3.8, 4) is 5.75 Å². The highest BCUT2D eigenvalue weighted by molar-refractivity contribution is 9.10. The number of para-hydroxylation sites is 1. The van der Waals surface area contributed by atoms with Crippen LogP contribution in [0.25, 0.3) is 10.8 Å². The van der Waals surface area contributed by atoms with E-state index in [0.717, 1.165) is 32.9 Å². The molecule has 0 aliphatic carbocycles. The van der Waals surface area contributed by atoms with E-state index in [2.05, 4.69) is 28.2 Å². The molecule has 0 saturated carbocycles. The van der Waals surface area contributed by atoms with Crippen LogP contribution in [-0.2, 0) is 11.2 Å². The summed E-state index contributed by atoms with van der Waals surface area (Å²) in [6.45, 7) is 2.03. The second kappa shape index (κ2) is 7.49. The molecule has 0 fully saturated rings. The smallest absolute Gasteiger partial charge is 0.262 e. The first-order valence-corrected chi connectivity index (χ1v) is 8.66. The average Bonchev–Trinajstić information content (AvgIpc) is 2.62. The first-order chi connectivity index (χ1) is 11.7. The molecule has 4 heteroatoms. The van der Waals surface area contributed by atoms with Gasteiger partial charge in [0.05, 0.1) is 4.47 Å². The maximum absolute atomic E-state index is 12.2. The van der Waals surface area contributed by atoms with E-state index < -0.39 is 0 Å². The molecule has 0 unspecified atom stereocenters. The van der Waals surface area contributed by atoms with Crippen molar-refractivity contribution >= 4 is 38.3 Å². The van der Waals surface area contributed by atoms with E-state index in [1.165, 1.54) is 0 Å². The Hall–Kier alpha value is -2.33. The Bertz CT molecular complexity index is 876. The van der Waals surface area contributed by atoms with E-state index in [0.29, 0.717) is 5.75 Å². The van der Waals surface area contributed by atoms with Gasteiger partial charge in [0.2, 0.25) is 0 Å². The number of amides is 1. The summed E-state index contributed by atoms with van der Waals surface area (Å²) in [5.41, 5.74) is 1.95. The average molecular weight is 384 g/mol. The lowest BCUT2D eigenvalue weighted by Crippen LogP contribution is -2.21. The number of aryl methyl sites for hydroxylation is 1. The summed E-state index contributed by atoms with van der Waals surface area (Å²) in [6.07, 6.45) is 0.869. The zero-order chi connectivity index (χ0) is 16.9. The lowest BCUT2D eigenvalue weighted by Gasteiger charge is -2.12. The van der Waals surface area contributed by atoms with Gasteiger partial charge in [0.25, 0.3) is 5.91 Å². The van der Waals surface area contributed by atoms with E-state index in [9.17, 15) is 4.79 Å². The van der Waals surface area contributed by atoms with Gasteiger partial charge in [-0.25, -0.2) is 0 Å². The molecule has 0 spiro atoms. The highest BCUT2D eigenvalue weighted by Crippen LogP contribution is 2.33. The summed E-state index contributed by atoms with van der Waals surface area (Å²) in [6, 6.07) is 19.7. The monoisotopic (exact) mass is 383 g/mol. The summed E-state index contributed by atoms with van der Waals surface area (Å²) in [5.74, 6) is 0.489. The van der Waals surface area contributed by atoms with E-state index in [-0.39, 0.29) is 12.5 Å². The molecular formula is C20H18BrNO2. The number of benzene rings is 3. The molecule has 0 radical (unpaired) electrons. The number of hydrogen-bond acceptors (Lipinski definition) is 2. The zero-order valence-electron chi connectivity index (χ0n) is 13.4. The van der Waals surface area contributed by atoms with Crippen molar-refractivity contribution in [2.45, 2.75) is 13.3 Å². The van der Waals surface area contributed by atoms with Crippen LogP contribution in [0.1, 0.15) is 12.5 Å². The molecular weight excluding hydrogens is 366 g/mol. The Morgan fingerprint density at radius 2 is 1.79 bits per heavy atom. The molecule has 0 saturated heterocycles. The number of nitrogens with one attached hydrogen (secondary N) is 1. The molecule has 1 N–H and O–H groups in total. The van der Waals surface area contributed by atoms with Gasteiger partial charge in [-0.3, -0.25) is 4.79 Å². The number of carbonyl (C=O) groups is 1. The molecule has 3 aromatic carbocycles. The minimum Gasteiger partial charge on any atom is -0.483 e. The number of rotatable bonds is 5. The molecule has 122 valence electrons. The molecule has 3 aromatic rings. The van der Waals surface area contributed by atoms with Crippen molar-refractivity contribution in [2.24, 2.45) is 0 Å². The van der Waals surface area contributed by atoms with Gasteiger partial charge in [-0.1, -0.05) is 55.5 Å². The van der Waals surface area contributed by atoms with Crippen LogP contribution in [0.4, 0.5) is 5.69 Å². The molecule has 0 heterocycles. The highest BCUT2D eigenvalue weighted by Gasteiger charge is 2.10. The first kappa shape index (κ1) is 16.5. The van der Waals surface area contributed by atoms with Crippen molar-refractivity contribution in [1.29, 1.82) is 0 Å². The fraction of sp³-hybridized carbons (Fsp3) is 0.150. The Labute approximate surface area is 149 Å². The number of hydrogen-bond donors (Lipinski definition) is 1. The van der Waals surface area contributed by atoms with Crippen LogP contribution in [0.2, 0.25) is 0 Å². The third kappa shape index (κ3) is 3.60. The number of ether oxygens (including phenoxy) is 1. The summed E-state index contributed by atoms with van der Waals surface area (Å²) in [4.78, 5) is 12.2. The van der Waals surface area contributed by atoms with Gasteiger partial charge in [0.1, 0.15) is 5.75 Å². The normalized spacial score (nSPS) is 10.6. The van der Waals surface area contributed by atoms with Crippen LogP contribution < -0.4 is 10.1 Å². The van der Waals surface area contributed by atoms with Crippen molar-refractivity contribution in [3.05, 3.63) is 70.7 Å². The van der Waals surface area contributed by atoms with Gasteiger partial charge in [0.15, 0.2) is 6.61 Å². The lowest BCUT2D eigenvalue weighted by atomic mass is 10.1. The van der Waals surface area contributed by atoms with Crippen LogP contribution in [0.5, 0.6) is 5.75 Å². The molecule has 0 aliphatic rings. The summed E-state index contributed by atoms with van der Waals surface area (Å²) in [7, 11) is 0. The van der Waals surface area contributed by atoms with E-state index in [1.807, 2.05) is 60.7 Å². The Morgan fingerprint density at radius 1 is 1.04 bits per heavy atom. The Kier molecular flexibility index (Phi) is 5.16. The van der Waals surface area contributed by atoms with Gasteiger partial charge < -0.3 is 10.1 Å². The fourth-order valence-electron chi connectivity index (χ4n) is 2.61. The third-order valence-electron chi connectivity index (χ3n) is 3.86. The van der Waals surface area contributed by atoms with Crippen molar-refractivity contribution in [1.82, 2.24) is 0 Å². The highest BCUT2D eigenvalue weighted by atomic mass is 79.9. The standard InChI is InChI=1S/C20H18BrNO2/c1-2-14-7-4-6-10-17(14)22-19(23)13-24-18-12-11-15-8-3-5-9-16(15)20(18)21/h3-12H,2,13H2,1H3,(H,22,23).